The lowest BCUT2D eigenvalue weighted by Gasteiger charge is -2.19. The molecule has 9 heteroatoms. The molecule has 1 amide bonds. The number of methoxy groups -OCH3 is 1. The third-order valence-corrected chi connectivity index (χ3v) is 5.82. The molecule has 0 bridgehead atoms. The third-order valence-electron chi connectivity index (χ3n) is 4.31. The smallest absolute Gasteiger partial charge is 0.283 e. The van der Waals surface area contributed by atoms with E-state index in [2.05, 4.69) is 10.1 Å². The highest BCUT2D eigenvalue weighted by atomic mass is 35.5. The molecule has 0 radical (unpaired) electrons. The molecule has 1 N–H and O–H groups in total. The largest absolute Gasteiger partial charge is 0.495 e. The maximum absolute atomic E-state index is 12.5. The SMILES string of the molecule is COc1ccc(-c2ccc(/C=C3/C(=N)N4N=C(C(C)C)SC4=NC3=O)o2)cc1Cl. The molecule has 7 nitrogen and oxygen atoms in total. The number of nitrogens with zero attached hydrogens (tertiary/aromatic N) is 3. The average molecular weight is 429 g/mol. The van der Waals surface area contributed by atoms with E-state index >= 15 is 0 Å². The Balaban J connectivity index is 1.63. The van der Waals surface area contributed by atoms with Crippen molar-refractivity contribution in [1.82, 2.24) is 5.01 Å². The van der Waals surface area contributed by atoms with Gasteiger partial charge in [0, 0.05) is 11.5 Å². The van der Waals surface area contributed by atoms with Crippen LogP contribution in [0.1, 0.15) is 19.6 Å². The molecule has 4 rings (SSSR count). The van der Waals surface area contributed by atoms with E-state index in [1.165, 1.54) is 22.8 Å². The minimum atomic E-state index is -0.487. The second-order valence-electron chi connectivity index (χ2n) is 6.66. The molecule has 0 spiro atoms. The van der Waals surface area contributed by atoms with E-state index in [1.807, 2.05) is 19.9 Å². The number of furan rings is 1. The van der Waals surface area contributed by atoms with Crippen molar-refractivity contribution in [3.8, 4) is 17.1 Å². The number of hydrazone groups is 1. The second-order valence-corrected chi connectivity index (χ2v) is 8.06. The fraction of sp³-hybridized carbons (Fsp3) is 0.200. The first-order valence-electron chi connectivity index (χ1n) is 8.81. The highest BCUT2D eigenvalue weighted by Gasteiger charge is 2.36. The van der Waals surface area contributed by atoms with Gasteiger partial charge in [0.1, 0.15) is 22.3 Å². The molecule has 148 valence electrons. The maximum atomic E-state index is 12.5. The Kier molecular flexibility index (Phi) is 5.06. The number of nitrogens with one attached hydrogen (secondary N) is 1. The number of hydrogen-bond donors (Lipinski definition) is 1. The summed E-state index contributed by atoms with van der Waals surface area (Å²) < 4.78 is 11.0. The Hall–Kier alpha value is -2.84. The van der Waals surface area contributed by atoms with Crippen molar-refractivity contribution in [2.75, 3.05) is 7.11 Å². The quantitative estimate of drug-likeness (QED) is 0.700. The molecule has 0 saturated carbocycles. The van der Waals surface area contributed by atoms with Crippen LogP contribution in [0.5, 0.6) is 5.75 Å². The zero-order chi connectivity index (χ0) is 20.7. The van der Waals surface area contributed by atoms with Gasteiger partial charge in [-0.3, -0.25) is 10.2 Å². The van der Waals surface area contributed by atoms with Gasteiger partial charge in [-0.25, -0.2) is 0 Å². The van der Waals surface area contributed by atoms with Crippen LogP contribution in [0, 0.1) is 11.3 Å². The van der Waals surface area contributed by atoms with Gasteiger partial charge < -0.3 is 9.15 Å². The van der Waals surface area contributed by atoms with Crippen molar-refractivity contribution >= 4 is 51.4 Å². The van der Waals surface area contributed by atoms with Crippen molar-refractivity contribution < 1.29 is 13.9 Å². The van der Waals surface area contributed by atoms with Crippen LogP contribution in [0.25, 0.3) is 17.4 Å². The molecule has 0 saturated heterocycles. The summed E-state index contributed by atoms with van der Waals surface area (Å²) >= 11 is 7.49. The number of ether oxygens (including phenoxy) is 1. The van der Waals surface area contributed by atoms with Crippen LogP contribution in [0.4, 0.5) is 0 Å². The fourth-order valence-corrected chi connectivity index (χ4v) is 3.94. The summed E-state index contributed by atoms with van der Waals surface area (Å²) in [4.78, 5) is 16.5. The van der Waals surface area contributed by atoms with Gasteiger partial charge in [0.05, 0.1) is 17.7 Å². The third kappa shape index (κ3) is 3.61. The number of amides is 1. The van der Waals surface area contributed by atoms with Gasteiger partial charge in [-0.15, -0.1) is 0 Å². The van der Waals surface area contributed by atoms with Crippen LogP contribution >= 0.6 is 23.4 Å². The van der Waals surface area contributed by atoms with E-state index < -0.39 is 5.91 Å². The lowest BCUT2D eigenvalue weighted by molar-refractivity contribution is -0.114. The number of aliphatic imine (C=N–C) groups is 1. The Morgan fingerprint density at radius 3 is 2.79 bits per heavy atom. The van der Waals surface area contributed by atoms with Gasteiger partial charge in [0.2, 0.25) is 5.17 Å². The molecule has 2 aliphatic heterocycles. The number of carbonyl (C=O) groups excluding carboxylic acids is 1. The Morgan fingerprint density at radius 1 is 1.31 bits per heavy atom. The molecule has 1 aromatic heterocycles. The first kappa shape index (κ1) is 19.5. The van der Waals surface area contributed by atoms with E-state index in [9.17, 15) is 4.79 Å². The molecule has 29 heavy (non-hydrogen) atoms. The molecule has 2 aliphatic rings. The van der Waals surface area contributed by atoms with Crippen LogP contribution in [0.15, 0.2) is 50.4 Å². The molecule has 0 fully saturated rings. The van der Waals surface area contributed by atoms with Crippen molar-refractivity contribution in [3.63, 3.8) is 0 Å². The lowest BCUT2D eigenvalue weighted by atomic mass is 10.1. The minimum absolute atomic E-state index is 0.0198. The van der Waals surface area contributed by atoms with Crippen molar-refractivity contribution in [1.29, 1.82) is 5.41 Å². The number of thioether (sulfide) groups is 1. The van der Waals surface area contributed by atoms with Crippen molar-refractivity contribution in [3.05, 3.63) is 46.7 Å². The first-order chi connectivity index (χ1) is 13.9. The normalized spacial score (nSPS) is 17.7. The monoisotopic (exact) mass is 428 g/mol. The average Bonchev–Trinajstić information content (AvgIpc) is 3.32. The molecule has 3 heterocycles. The van der Waals surface area contributed by atoms with Gasteiger partial charge in [-0.1, -0.05) is 25.4 Å². The molecule has 1 aromatic carbocycles. The number of hydrogen-bond acceptors (Lipinski definition) is 6. The van der Waals surface area contributed by atoms with E-state index in [0.29, 0.717) is 27.5 Å². The van der Waals surface area contributed by atoms with E-state index in [1.54, 1.807) is 31.4 Å². The van der Waals surface area contributed by atoms with Crippen LogP contribution < -0.4 is 4.74 Å². The summed E-state index contributed by atoms with van der Waals surface area (Å²) in [5, 5.41) is 15.9. The van der Waals surface area contributed by atoms with Crippen LogP contribution in [0.3, 0.4) is 0 Å². The highest BCUT2D eigenvalue weighted by molar-refractivity contribution is 8.27. The summed E-state index contributed by atoms with van der Waals surface area (Å²) in [6, 6.07) is 8.82. The molecule has 0 aliphatic carbocycles. The highest BCUT2D eigenvalue weighted by Crippen LogP contribution is 2.33. The number of rotatable bonds is 4. The molecular weight excluding hydrogens is 412 g/mol. The zero-order valence-corrected chi connectivity index (χ0v) is 17.5. The van der Waals surface area contributed by atoms with Crippen molar-refractivity contribution in [2.24, 2.45) is 16.0 Å². The molecule has 2 aromatic rings. The van der Waals surface area contributed by atoms with Crippen LogP contribution in [0.2, 0.25) is 5.02 Å². The first-order valence-corrected chi connectivity index (χ1v) is 10.0. The summed E-state index contributed by atoms with van der Waals surface area (Å²) in [5.74, 6) is 1.26. The summed E-state index contributed by atoms with van der Waals surface area (Å²) in [5.41, 5.74) is 0.893. The van der Waals surface area contributed by atoms with Crippen LogP contribution in [-0.2, 0) is 4.79 Å². The molecule has 0 atom stereocenters. The topological polar surface area (TPSA) is 91.2 Å². The van der Waals surface area contributed by atoms with E-state index in [4.69, 9.17) is 26.2 Å². The number of carbonyl (C=O) groups is 1. The number of benzene rings is 1. The summed E-state index contributed by atoms with van der Waals surface area (Å²) in [6.07, 6.45) is 1.51. The zero-order valence-electron chi connectivity index (χ0n) is 15.9. The number of amidine groups is 2. The van der Waals surface area contributed by atoms with Gasteiger partial charge in [-0.05, 0) is 48.2 Å². The lowest BCUT2D eigenvalue weighted by Crippen LogP contribution is -2.35. The summed E-state index contributed by atoms with van der Waals surface area (Å²) in [6.45, 7) is 4.01. The summed E-state index contributed by atoms with van der Waals surface area (Å²) in [7, 11) is 1.55. The van der Waals surface area contributed by atoms with Gasteiger partial charge in [0.25, 0.3) is 5.91 Å². The molecule has 0 unspecified atom stereocenters. The Morgan fingerprint density at radius 2 is 2.10 bits per heavy atom. The Labute approximate surface area is 176 Å². The van der Waals surface area contributed by atoms with Gasteiger partial charge in [0.15, 0.2) is 5.84 Å². The molecular formula is C20H17ClN4O3S. The van der Waals surface area contributed by atoms with Gasteiger partial charge >= 0.3 is 0 Å². The predicted octanol–water partition coefficient (Wildman–Crippen LogP) is 4.88. The fourth-order valence-electron chi connectivity index (χ4n) is 2.79. The number of fused-ring (bicyclic) bond motifs is 1. The van der Waals surface area contributed by atoms with Crippen molar-refractivity contribution in [2.45, 2.75) is 13.8 Å². The Bertz CT molecular complexity index is 1120. The second kappa shape index (κ2) is 7.53. The predicted molar refractivity (Wildman–Crippen MR) is 116 cm³/mol. The van der Waals surface area contributed by atoms with Gasteiger partial charge in [-0.2, -0.15) is 15.1 Å². The maximum Gasteiger partial charge on any atom is 0.283 e. The van der Waals surface area contributed by atoms with E-state index in [-0.39, 0.29) is 17.3 Å². The van der Waals surface area contributed by atoms with Crippen LogP contribution in [-0.4, -0.2) is 34.1 Å². The number of halogens is 1. The van der Waals surface area contributed by atoms with E-state index in [0.717, 1.165) is 10.6 Å². The standard InChI is InChI=1S/C20H17ClN4O3S/c1-10(2)19-24-25-17(22)13(18(26)23-20(25)29-19)9-12-5-7-15(28-12)11-4-6-16(27-3)14(21)8-11/h4-10,22H,1-3H3/b13-9-,22-17?. The minimum Gasteiger partial charge on any atom is -0.495 e.